The van der Waals surface area contributed by atoms with Crippen LogP contribution >= 0.6 is 0 Å². The van der Waals surface area contributed by atoms with Crippen LogP contribution in [0.25, 0.3) is 0 Å². The second-order valence-electron chi connectivity index (χ2n) is 3.50. The standard InChI is InChI=1S/C10H14N2O2/c1-12-6-9(7-12)14-10-4-3-8(13-2)5-11-10/h3-5,9H,6-7H2,1-2H3. The van der Waals surface area contributed by atoms with E-state index in [1.165, 1.54) is 0 Å². The van der Waals surface area contributed by atoms with E-state index in [0.717, 1.165) is 18.8 Å². The van der Waals surface area contributed by atoms with Gasteiger partial charge in [-0.3, -0.25) is 4.90 Å². The van der Waals surface area contributed by atoms with Crippen LogP contribution < -0.4 is 9.47 Å². The van der Waals surface area contributed by atoms with Crippen molar-refractivity contribution in [2.75, 3.05) is 27.2 Å². The molecule has 4 heteroatoms. The summed E-state index contributed by atoms with van der Waals surface area (Å²) < 4.78 is 10.6. The molecule has 1 aliphatic heterocycles. The lowest BCUT2D eigenvalue weighted by Gasteiger charge is -2.35. The summed E-state index contributed by atoms with van der Waals surface area (Å²) in [5.74, 6) is 1.42. The highest BCUT2D eigenvalue weighted by Gasteiger charge is 2.24. The van der Waals surface area contributed by atoms with Gasteiger partial charge in [-0.15, -0.1) is 0 Å². The van der Waals surface area contributed by atoms with E-state index in [0.29, 0.717) is 12.0 Å². The van der Waals surface area contributed by atoms with E-state index in [-0.39, 0.29) is 0 Å². The van der Waals surface area contributed by atoms with Gasteiger partial charge in [0.25, 0.3) is 0 Å². The van der Waals surface area contributed by atoms with E-state index in [4.69, 9.17) is 9.47 Å². The van der Waals surface area contributed by atoms with Crippen LogP contribution in [-0.2, 0) is 0 Å². The van der Waals surface area contributed by atoms with Crippen molar-refractivity contribution in [1.29, 1.82) is 0 Å². The number of pyridine rings is 1. The topological polar surface area (TPSA) is 34.6 Å². The van der Waals surface area contributed by atoms with Crippen LogP contribution in [0.15, 0.2) is 18.3 Å². The second-order valence-corrected chi connectivity index (χ2v) is 3.50. The fraction of sp³-hybridized carbons (Fsp3) is 0.500. The zero-order chi connectivity index (χ0) is 9.97. The van der Waals surface area contributed by atoms with Crippen molar-refractivity contribution in [2.45, 2.75) is 6.10 Å². The minimum Gasteiger partial charge on any atom is -0.495 e. The van der Waals surface area contributed by atoms with Crippen LogP contribution in [0, 0.1) is 0 Å². The van der Waals surface area contributed by atoms with Crippen molar-refractivity contribution in [3.8, 4) is 11.6 Å². The molecule has 0 N–H and O–H groups in total. The van der Waals surface area contributed by atoms with Gasteiger partial charge in [-0.1, -0.05) is 0 Å². The molecular formula is C10H14N2O2. The van der Waals surface area contributed by atoms with Crippen LogP contribution in [0.2, 0.25) is 0 Å². The third kappa shape index (κ3) is 1.96. The van der Waals surface area contributed by atoms with Gasteiger partial charge >= 0.3 is 0 Å². The number of aromatic nitrogens is 1. The summed E-state index contributed by atoms with van der Waals surface area (Å²) in [5.41, 5.74) is 0. The van der Waals surface area contributed by atoms with Gasteiger partial charge in [-0.2, -0.15) is 0 Å². The lowest BCUT2D eigenvalue weighted by molar-refractivity contribution is 0.0355. The lowest BCUT2D eigenvalue weighted by atomic mass is 10.2. The summed E-state index contributed by atoms with van der Waals surface area (Å²) in [5, 5.41) is 0. The SMILES string of the molecule is COc1ccc(OC2CN(C)C2)nc1. The van der Waals surface area contributed by atoms with Crippen LogP contribution in [0.3, 0.4) is 0 Å². The summed E-state index contributed by atoms with van der Waals surface area (Å²) in [6, 6.07) is 3.68. The fourth-order valence-corrected chi connectivity index (χ4v) is 1.44. The van der Waals surface area contributed by atoms with E-state index < -0.39 is 0 Å². The molecule has 2 heterocycles. The van der Waals surface area contributed by atoms with E-state index in [1.807, 2.05) is 12.1 Å². The van der Waals surface area contributed by atoms with Crippen molar-refractivity contribution in [2.24, 2.45) is 0 Å². The molecule has 1 saturated heterocycles. The van der Waals surface area contributed by atoms with E-state index in [1.54, 1.807) is 13.3 Å². The molecule has 0 bridgehead atoms. The third-order valence-corrected chi connectivity index (χ3v) is 2.26. The van der Waals surface area contributed by atoms with Gasteiger partial charge in [0.15, 0.2) is 0 Å². The number of methoxy groups -OCH3 is 1. The van der Waals surface area contributed by atoms with E-state index in [2.05, 4.69) is 16.9 Å². The molecule has 0 atom stereocenters. The molecule has 2 rings (SSSR count). The van der Waals surface area contributed by atoms with E-state index in [9.17, 15) is 0 Å². The number of likely N-dealkylation sites (N-methyl/N-ethyl adjacent to an activating group) is 1. The molecule has 0 aliphatic carbocycles. The summed E-state index contributed by atoms with van der Waals surface area (Å²) >= 11 is 0. The van der Waals surface area contributed by atoms with Gasteiger partial charge in [0.1, 0.15) is 11.9 Å². The number of hydrogen-bond donors (Lipinski definition) is 0. The zero-order valence-corrected chi connectivity index (χ0v) is 8.43. The summed E-state index contributed by atoms with van der Waals surface area (Å²) in [7, 11) is 3.69. The maximum Gasteiger partial charge on any atom is 0.213 e. The normalized spacial score (nSPS) is 17.6. The predicted molar refractivity (Wildman–Crippen MR) is 52.7 cm³/mol. The van der Waals surface area contributed by atoms with Crippen molar-refractivity contribution >= 4 is 0 Å². The molecule has 76 valence electrons. The number of hydrogen-bond acceptors (Lipinski definition) is 4. The number of ether oxygens (including phenoxy) is 2. The fourth-order valence-electron chi connectivity index (χ4n) is 1.44. The van der Waals surface area contributed by atoms with E-state index >= 15 is 0 Å². The molecule has 0 unspecified atom stereocenters. The number of likely N-dealkylation sites (tertiary alicyclic amines) is 1. The monoisotopic (exact) mass is 194 g/mol. The second kappa shape index (κ2) is 3.84. The predicted octanol–water partition coefficient (Wildman–Crippen LogP) is 0.783. The van der Waals surface area contributed by atoms with Crippen LogP contribution in [0.4, 0.5) is 0 Å². The molecule has 14 heavy (non-hydrogen) atoms. The average molecular weight is 194 g/mol. The highest BCUT2D eigenvalue weighted by Crippen LogP contribution is 2.17. The van der Waals surface area contributed by atoms with Crippen molar-refractivity contribution in [3.05, 3.63) is 18.3 Å². The maximum atomic E-state index is 5.61. The molecule has 1 aromatic heterocycles. The molecule has 1 aliphatic rings. The van der Waals surface area contributed by atoms with Gasteiger partial charge < -0.3 is 9.47 Å². The zero-order valence-electron chi connectivity index (χ0n) is 8.43. The first kappa shape index (κ1) is 9.27. The summed E-state index contributed by atoms with van der Waals surface area (Å²) in [6.07, 6.45) is 1.96. The average Bonchev–Trinajstić information content (AvgIpc) is 2.17. The largest absolute Gasteiger partial charge is 0.495 e. The van der Waals surface area contributed by atoms with Gasteiger partial charge in [-0.05, 0) is 13.1 Å². The molecular weight excluding hydrogens is 180 g/mol. The Balaban J connectivity index is 1.90. The van der Waals surface area contributed by atoms with Crippen LogP contribution in [0.5, 0.6) is 11.6 Å². The Morgan fingerprint density at radius 1 is 1.43 bits per heavy atom. The minimum atomic E-state index is 0.292. The molecule has 1 aromatic rings. The minimum absolute atomic E-state index is 0.292. The quantitative estimate of drug-likeness (QED) is 0.712. The van der Waals surface area contributed by atoms with Crippen molar-refractivity contribution in [1.82, 2.24) is 9.88 Å². The Bertz CT molecular complexity index is 293. The Hall–Kier alpha value is -1.29. The smallest absolute Gasteiger partial charge is 0.213 e. The van der Waals surface area contributed by atoms with Gasteiger partial charge in [-0.25, -0.2) is 4.98 Å². The first-order valence-electron chi connectivity index (χ1n) is 4.63. The third-order valence-electron chi connectivity index (χ3n) is 2.26. The number of rotatable bonds is 3. The molecule has 0 aromatic carbocycles. The molecule has 0 saturated carbocycles. The van der Waals surface area contributed by atoms with Crippen LogP contribution in [0.1, 0.15) is 0 Å². The Morgan fingerprint density at radius 2 is 2.21 bits per heavy atom. The van der Waals surface area contributed by atoms with Gasteiger partial charge in [0, 0.05) is 19.2 Å². The van der Waals surface area contributed by atoms with Crippen molar-refractivity contribution < 1.29 is 9.47 Å². The first-order chi connectivity index (χ1) is 6.78. The first-order valence-corrected chi connectivity index (χ1v) is 4.63. The molecule has 0 amide bonds. The molecule has 0 spiro atoms. The molecule has 1 fully saturated rings. The van der Waals surface area contributed by atoms with Gasteiger partial charge in [0.2, 0.25) is 5.88 Å². The summed E-state index contributed by atoms with van der Waals surface area (Å²) in [6.45, 7) is 1.96. The van der Waals surface area contributed by atoms with Crippen LogP contribution in [-0.4, -0.2) is 43.2 Å². The Morgan fingerprint density at radius 3 is 2.71 bits per heavy atom. The summed E-state index contributed by atoms with van der Waals surface area (Å²) in [4.78, 5) is 6.33. The highest BCUT2D eigenvalue weighted by atomic mass is 16.5. The van der Waals surface area contributed by atoms with Crippen molar-refractivity contribution in [3.63, 3.8) is 0 Å². The Kier molecular flexibility index (Phi) is 2.54. The number of nitrogens with zero attached hydrogens (tertiary/aromatic N) is 2. The lowest BCUT2D eigenvalue weighted by Crippen LogP contribution is -2.51. The van der Waals surface area contributed by atoms with Gasteiger partial charge in [0.05, 0.1) is 13.3 Å². The molecule has 4 nitrogen and oxygen atoms in total. The molecule has 0 radical (unpaired) electrons. The Labute approximate surface area is 83.5 Å². The highest BCUT2D eigenvalue weighted by molar-refractivity contribution is 5.22. The maximum absolute atomic E-state index is 5.61.